The number of amides is 1. The van der Waals surface area contributed by atoms with Crippen molar-refractivity contribution in [1.82, 2.24) is 20.2 Å². The number of ether oxygens (including phenoxy) is 2. The van der Waals surface area contributed by atoms with Gasteiger partial charge in [-0.25, -0.2) is 0 Å². The number of phenolic OH excluding ortho intramolecular Hbond substituents is 1. The number of nitrogens with zero attached hydrogens (tertiary/aromatic N) is 4. The Balaban J connectivity index is 1.36. The Morgan fingerprint density at radius 3 is 2.61 bits per heavy atom. The number of carbonyl (C=O) groups excluding carboxylic acids is 1. The van der Waals surface area contributed by atoms with E-state index in [-0.39, 0.29) is 30.5 Å². The van der Waals surface area contributed by atoms with Crippen molar-refractivity contribution in [1.29, 1.82) is 0 Å². The Morgan fingerprint density at radius 1 is 1.08 bits per heavy atom. The number of aromatic hydroxyl groups is 1. The number of hydrogen-bond acceptors (Lipinski definition) is 9. The maximum Gasteiger partial charge on any atom is 0.221 e. The molecule has 5 rings (SSSR count). The highest BCUT2D eigenvalue weighted by atomic mass is 32.2. The van der Waals surface area contributed by atoms with E-state index in [1.807, 2.05) is 48.5 Å². The average Bonchev–Trinajstić information content (AvgIpc) is 3.41. The molecule has 11 heteroatoms. The summed E-state index contributed by atoms with van der Waals surface area (Å²) >= 11 is 1.47. The fourth-order valence-electron chi connectivity index (χ4n) is 4.18. The fraction of sp³-hybridized carbons (Fsp3) is 0.259. The molecule has 1 fully saturated rings. The second-order valence-electron chi connectivity index (χ2n) is 8.86. The Morgan fingerprint density at radius 2 is 1.87 bits per heavy atom. The van der Waals surface area contributed by atoms with Crippen LogP contribution in [0.5, 0.6) is 5.75 Å². The molecular formula is C27H27N5O5S. The Hall–Kier alpha value is -3.77. The van der Waals surface area contributed by atoms with E-state index in [1.165, 1.54) is 18.7 Å². The normalized spacial score (nSPS) is 19.3. The lowest BCUT2D eigenvalue weighted by Gasteiger charge is -2.36. The van der Waals surface area contributed by atoms with Crippen LogP contribution in [0.25, 0.3) is 5.69 Å². The molecule has 3 aromatic carbocycles. The molecule has 3 N–H and O–H groups in total. The Labute approximate surface area is 223 Å². The summed E-state index contributed by atoms with van der Waals surface area (Å²) in [5.41, 5.74) is 4.00. The van der Waals surface area contributed by atoms with Crippen molar-refractivity contribution in [3.8, 4) is 11.4 Å². The van der Waals surface area contributed by atoms with Crippen molar-refractivity contribution >= 4 is 23.4 Å². The molecule has 0 aliphatic carbocycles. The molecule has 196 valence electrons. The first-order valence-corrected chi connectivity index (χ1v) is 13.1. The van der Waals surface area contributed by atoms with Gasteiger partial charge in [0.25, 0.3) is 0 Å². The Kier molecular flexibility index (Phi) is 7.99. The van der Waals surface area contributed by atoms with Gasteiger partial charge in [-0.05, 0) is 58.0 Å². The van der Waals surface area contributed by atoms with E-state index in [0.717, 1.165) is 22.4 Å². The van der Waals surface area contributed by atoms with Crippen LogP contribution >= 0.6 is 11.8 Å². The number of anilines is 1. The van der Waals surface area contributed by atoms with Crippen LogP contribution in [0.1, 0.15) is 42.4 Å². The van der Waals surface area contributed by atoms with Gasteiger partial charge in [0.1, 0.15) is 5.75 Å². The molecule has 2 heterocycles. The second-order valence-corrected chi connectivity index (χ2v) is 9.84. The van der Waals surface area contributed by atoms with Gasteiger partial charge in [0.15, 0.2) is 6.29 Å². The first-order valence-electron chi connectivity index (χ1n) is 12.1. The summed E-state index contributed by atoms with van der Waals surface area (Å²) in [6.45, 7) is 1.44. The summed E-state index contributed by atoms with van der Waals surface area (Å²) in [4.78, 5) is 11.6. The van der Waals surface area contributed by atoms with Crippen LogP contribution in [-0.2, 0) is 20.9 Å². The van der Waals surface area contributed by atoms with Crippen LogP contribution in [0.15, 0.2) is 78.0 Å². The summed E-state index contributed by atoms with van der Waals surface area (Å²) in [6.07, 6.45) is -0.493. The molecule has 1 aromatic heterocycles. The van der Waals surface area contributed by atoms with Gasteiger partial charge < -0.3 is 25.0 Å². The second kappa shape index (κ2) is 11.7. The van der Waals surface area contributed by atoms with Crippen LogP contribution in [0.3, 0.4) is 0 Å². The van der Waals surface area contributed by atoms with Crippen molar-refractivity contribution in [3.05, 3.63) is 89.5 Å². The number of aromatic nitrogens is 4. The third-order valence-corrected chi connectivity index (χ3v) is 7.08. The number of thioether (sulfide) groups is 1. The molecule has 0 saturated carbocycles. The molecule has 4 aromatic rings. The van der Waals surface area contributed by atoms with Crippen LogP contribution in [0.2, 0.25) is 0 Å². The summed E-state index contributed by atoms with van der Waals surface area (Å²) in [7, 11) is 0. The molecule has 0 radical (unpaired) electrons. The van der Waals surface area contributed by atoms with Crippen molar-refractivity contribution in [2.45, 2.75) is 43.6 Å². The third-order valence-electron chi connectivity index (χ3n) is 6.03. The molecule has 1 amide bonds. The summed E-state index contributed by atoms with van der Waals surface area (Å²) in [5, 5.41) is 34.5. The van der Waals surface area contributed by atoms with Gasteiger partial charge in [-0.2, -0.15) is 4.68 Å². The summed E-state index contributed by atoms with van der Waals surface area (Å²) < 4.78 is 14.4. The molecule has 1 saturated heterocycles. The van der Waals surface area contributed by atoms with Crippen LogP contribution in [0.4, 0.5) is 5.69 Å². The minimum absolute atomic E-state index is 0.0253. The minimum atomic E-state index is -0.654. The van der Waals surface area contributed by atoms with E-state index in [0.29, 0.717) is 23.0 Å². The molecular weight excluding hydrogens is 506 g/mol. The topological polar surface area (TPSA) is 132 Å². The molecule has 1 aliphatic heterocycles. The zero-order chi connectivity index (χ0) is 26.5. The first-order chi connectivity index (χ1) is 18.5. The number of rotatable bonds is 8. The van der Waals surface area contributed by atoms with Crippen molar-refractivity contribution in [2.75, 3.05) is 11.1 Å². The zero-order valence-corrected chi connectivity index (χ0v) is 21.4. The highest BCUT2D eigenvalue weighted by Gasteiger charge is 2.33. The molecule has 1 aliphatic rings. The van der Waals surface area contributed by atoms with E-state index in [9.17, 15) is 15.0 Å². The van der Waals surface area contributed by atoms with E-state index in [1.54, 1.807) is 28.9 Å². The van der Waals surface area contributed by atoms with E-state index in [4.69, 9.17) is 9.47 Å². The lowest BCUT2D eigenvalue weighted by Crippen LogP contribution is -2.31. The van der Waals surface area contributed by atoms with Gasteiger partial charge in [-0.1, -0.05) is 48.2 Å². The SMILES string of the molecule is CC(=O)Nc1cccc(C2OC(CSc3nnnn3-c3ccc(O)cc3)CC(c3ccc(CO)cc3)O2)c1. The third kappa shape index (κ3) is 6.20. The van der Waals surface area contributed by atoms with Gasteiger partial charge in [-0.3, -0.25) is 4.79 Å². The lowest BCUT2D eigenvalue weighted by atomic mass is 10.0. The largest absolute Gasteiger partial charge is 0.508 e. The smallest absolute Gasteiger partial charge is 0.221 e. The molecule has 3 atom stereocenters. The van der Waals surface area contributed by atoms with Crippen LogP contribution in [-0.4, -0.2) is 48.2 Å². The summed E-state index contributed by atoms with van der Waals surface area (Å²) in [6, 6.07) is 21.8. The predicted molar refractivity (Wildman–Crippen MR) is 141 cm³/mol. The molecule has 38 heavy (non-hydrogen) atoms. The number of phenols is 1. The number of tetrazole rings is 1. The van der Waals surface area contributed by atoms with Gasteiger partial charge in [0, 0.05) is 30.3 Å². The van der Waals surface area contributed by atoms with E-state index < -0.39 is 6.29 Å². The standard InChI is InChI=1S/C27H27N5O5S/c1-17(34)28-21-4-2-3-20(13-21)26-36-24(14-25(37-26)19-7-5-18(15-33)6-8-19)16-38-27-29-30-31-32(27)22-9-11-23(35)12-10-22/h2-13,24-26,33,35H,14-16H2,1H3,(H,28,34). The fourth-order valence-corrected chi connectivity index (χ4v) is 5.09. The zero-order valence-electron chi connectivity index (χ0n) is 20.6. The predicted octanol–water partition coefficient (Wildman–Crippen LogP) is 4.16. The molecule has 0 bridgehead atoms. The maximum absolute atomic E-state index is 11.6. The van der Waals surface area contributed by atoms with E-state index in [2.05, 4.69) is 20.8 Å². The monoisotopic (exact) mass is 533 g/mol. The van der Waals surface area contributed by atoms with Gasteiger partial charge in [-0.15, -0.1) is 5.10 Å². The number of aliphatic hydroxyl groups excluding tert-OH is 1. The highest BCUT2D eigenvalue weighted by molar-refractivity contribution is 7.99. The van der Waals surface area contributed by atoms with E-state index >= 15 is 0 Å². The quantitative estimate of drug-likeness (QED) is 0.286. The van der Waals surface area contributed by atoms with Gasteiger partial charge in [0.2, 0.25) is 11.1 Å². The van der Waals surface area contributed by atoms with Crippen molar-refractivity contribution < 1.29 is 24.5 Å². The van der Waals surface area contributed by atoms with Crippen LogP contribution < -0.4 is 5.32 Å². The number of nitrogens with one attached hydrogen (secondary N) is 1. The number of aliphatic hydroxyl groups is 1. The number of carbonyl (C=O) groups is 1. The molecule has 10 nitrogen and oxygen atoms in total. The Bertz CT molecular complexity index is 1380. The summed E-state index contributed by atoms with van der Waals surface area (Å²) in [5.74, 6) is 0.572. The van der Waals surface area contributed by atoms with Gasteiger partial charge >= 0.3 is 0 Å². The van der Waals surface area contributed by atoms with Crippen molar-refractivity contribution in [3.63, 3.8) is 0 Å². The maximum atomic E-state index is 11.6. The first kappa shape index (κ1) is 25.9. The number of hydrogen-bond donors (Lipinski definition) is 3. The molecule has 0 spiro atoms. The number of benzene rings is 3. The highest BCUT2D eigenvalue weighted by Crippen LogP contribution is 2.39. The average molecular weight is 534 g/mol. The van der Waals surface area contributed by atoms with Crippen molar-refractivity contribution in [2.24, 2.45) is 0 Å². The van der Waals surface area contributed by atoms with Crippen LogP contribution in [0, 0.1) is 0 Å². The minimum Gasteiger partial charge on any atom is -0.508 e. The molecule has 3 unspecified atom stereocenters. The lowest BCUT2D eigenvalue weighted by molar-refractivity contribution is -0.245. The van der Waals surface area contributed by atoms with Gasteiger partial charge in [0.05, 0.1) is 24.5 Å².